The van der Waals surface area contributed by atoms with E-state index in [1.54, 1.807) is 7.11 Å². The molecule has 0 bridgehead atoms. The lowest BCUT2D eigenvalue weighted by Crippen LogP contribution is -2.44. The summed E-state index contributed by atoms with van der Waals surface area (Å²) in [5, 5.41) is 3.57. The molecule has 0 aromatic heterocycles. The Morgan fingerprint density at radius 3 is 2.88 bits per heavy atom. The summed E-state index contributed by atoms with van der Waals surface area (Å²) in [7, 11) is 1.77. The third-order valence-electron chi connectivity index (χ3n) is 3.63. The quantitative estimate of drug-likeness (QED) is 0.720. The number of hydrogen-bond acceptors (Lipinski definition) is 3. The Labute approximate surface area is 101 Å². The second-order valence-electron chi connectivity index (χ2n) is 4.90. The lowest BCUT2D eigenvalue weighted by atomic mass is 10.0. The Balaban J connectivity index is 2.13. The Kier molecular flexibility index (Phi) is 7.01. The van der Waals surface area contributed by atoms with Gasteiger partial charge in [-0.1, -0.05) is 13.3 Å². The maximum Gasteiger partial charge on any atom is 0.0615 e. The highest BCUT2D eigenvalue weighted by Crippen LogP contribution is 2.15. The van der Waals surface area contributed by atoms with E-state index in [2.05, 4.69) is 24.1 Å². The van der Waals surface area contributed by atoms with Crippen LogP contribution in [0.1, 0.15) is 39.5 Å². The lowest BCUT2D eigenvalue weighted by Gasteiger charge is -2.33. The monoisotopic (exact) mass is 228 g/mol. The minimum Gasteiger partial charge on any atom is -0.383 e. The standard InChI is InChI=1S/C13H28N2O/c1-4-13(11-16-3)14-8-10-15-9-6-5-7-12(15)2/h12-14H,4-11H2,1-3H3. The van der Waals surface area contributed by atoms with E-state index in [9.17, 15) is 0 Å². The number of nitrogens with zero attached hydrogens (tertiary/aromatic N) is 1. The van der Waals surface area contributed by atoms with Gasteiger partial charge in [-0.15, -0.1) is 0 Å². The molecule has 16 heavy (non-hydrogen) atoms. The molecule has 0 aliphatic carbocycles. The van der Waals surface area contributed by atoms with Crippen LogP contribution in [0.2, 0.25) is 0 Å². The van der Waals surface area contributed by atoms with Gasteiger partial charge in [0, 0.05) is 32.3 Å². The molecular weight excluding hydrogens is 200 g/mol. The molecule has 1 aliphatic rings. The summed E-state index contributed by atoms with van der Waals surface area (Å²) >= 11 is 0. The molecule has 0 saturated carbocycles. The zero-order valence-electron chi connectivity index (χ0n) is 11.2. The van der Waals surface area contributed by atoms with E-state index < -0.39 is 0 Å². The van der Waals surface area contributed by atoms with Gasteiger partial charge in [0.2, 0.25) is 0 Å². The van der Waals surface area contributed by atoms with Gasteiger partial charge in [-0.3, -0.25) is 4.90 Å². The van der Waals surface area contributed by atoms with Crippen LogP contribution in [-0.2, 0) is 4.74 Å². The van der Waals surface area contributed by atoms with Crippen LogP contribution in [0.4, 0.5) is 0 Å². The topological polar surface area (TPSA) is 24.5 Å². The maximum absolute atomic E-state index is 5.18. The first-order chi connectivity index (χ1) is 7.77. The van der Waals surface area contributed by atoms with Gasteiger partial charge in [0.1, 0.15) is 0 Å². The normalized spacial score (nSPS) is 24.6. The minimum absolute atomic E-state index is 0.519. The van der Waals surface area contributed by atoms with Gasteiger partial charge in [0.05, 0.1) is 6.61 Å². The van der Waals surface area contributed by atoms with Gasteiger partial charge in [0.25, 0.3) is 0 Å². The molecule has 1 heterocycles. The Hall–Kier alpha value is -0.120. The van der Waals surface area contributed by atoms with Gasteiger partial charge >= 0.3 is 0 Å². The van der Waals surface area contributed by atoms with Crippen molar-refractivity contribution in [2.75, 3.05) is 33.4 Å². The highest BCUT2D eigenvalue weighted by atomic mass is 16.5. The summed E-state index contributed by atoms with van der Waals surface area (Å²) in [4.78, 5) is 2.61. The summed E-state index contributed by atoms with van der Waals surface area (Å²) in [6, 6.07) is 1.29. The molecule has 3 nitrogen and oxygen atoms in total. The fourth-order valence-electron chi connectivity index (χ4n) is 2.42. The highest BCUT2D eigenvalue weighted by Gasteiger charge is 2.17. The Morgan fingerprint density at radius 2 is 2.25 bits per heavy atom. The van der Waals surface area contributed by atoms with Crippen LogP contribution < -0.4 is 5.32 Å². The van der Waals surface area contributed by atoms with Crippen LogP contribution in [0.15, 0.2) is 0 Å². The molecule has 96 valence electrons. The minimum atomic E-state index is 0.519. The molecule has 0 aromatic rings. The van der Waals surface area contributed by atoms with Crippen molar-refractivity contribution < 1.29 is 4.74 Å². The zero-order chi connectivity index (χ0) is 11.8. The smallest absolute Gasteiger partial charge is 0.0615 e. The average Bonchev–Trinajstić information content (AvgIpc) is 2.30. The first-order valence-corrected chi connectivity index (χ1v) is 6.74. The van der Waals surface area contributed by atoms with Crippen LogP contribution in [0.5, 0.6) is 0 Å². The molecule has 1 aliphatic heterocycles. The van der Waals surface area contributed by atoms with E-state index >= 15 is 0 Å². The van der Waals surface area contributed by atoms with Crippen molar-refractivity contribution in [3.05, 3.63) is 0 Å². The van der Waals surface area contributed by atoms with Crippen molar-refractivity contribution >= 4 is 0 Å². The summed E-state index contributed by atoms with van der Waals surface area (Å²) in [6.07, 6.45) is 5.30. The first kappa shape index (κ1) is 13.9. The van der Waals surface area contributed by atoms with E-state index in [0.717, 1.165) is 25.6 Å². The van der Waals surface area contributed by atoms with Gasteiger partial charge < -0.3 is 10.1 Å². The van der Waals surface area contributed by atoms with E-state index in [1.807, 2.05) is 0 Å². The van der Waals surface area contributed by atoms with Crippen LogP contribution in [0.3, 0.4) is 0 Å². The van der Waals surface area contributed by atoms with Crippen molar-refractivity contribution in [2.45, 2.75) is 51.6 Å². The predicted molar refractivity (Wildman–Crippen MR) is 68.8 cm³/mol. The largest absolute Gasteiger partial charge is 0.383 e. The van der Waals surface area contributed by atoms with E-state index in [-0.39, 0.29) is 0 Å². The zero-order valence-corrected chi connectivity index (χ0v) is 11.2. The first-order valence-electron chi connectivity index (χ1n) is 6.74. The molecular formula is C13H28N2O. The van der Waals surface area contributed by atoms with Crippen LogP contribution in [-0.4, -0.2) is 50.3 Å². The van der Waals surface area contributed by atoms with E-state index in [1.165, 1.54) is 32.4 Å². The Bertz CT molecular complexity index is 175. The Morgan fingerprint density at radius 1 is 1.44 bits per heavy atom. The molecule has 2 atom stereocenters. The van der Waals surface area contributed by atoms with Crippen molar-refractivity contribution in [2.24, 2.45) is 0 Å². The summed E-state index contributed by atoms with van der Waals surface area (Å²) in [5.41, 5.74) is 0. The number of rotatable bonds is 7. The second kappa shape index (κ2) is 8.04. The molecule has 2 unspecified atom stereocenters. The van der Waals surface area contributed by atoms with E-state index in [4.69, 9.17) is 4.74 Å². The van der Waals surface area contributed by atoms with Crippen molar-refractivity contribution in [1.82, 2.24) is 10.2 Å². The fraction of sp³-hybridized carbons (Fsp3) is 1.00. The van der Waals surface area contributed by atoms with Crippen LogP contribution in [0, 0.1) is 0 Å². The molecule has 0 aromatic carbocycles. The molecule has 0 amide bonds. The summed E-state index contributed by atoms with van der Waals surface area (Å²) in [5.74, 6) is 0. The number of methoxy groups -OCH3 is 1. The molecule has 1 N–H and O–H groups in total. The molecule has 0 spiro atoms. The summed E-state index contributed by atoms with van der Waals surface area (Å²) in [6.45, 7) is 8.94. The average molecular weight is 228 g/mol. The van der Waals surface area contributed by atoms with Crippen molar-refractivity contribution in [3.63, 3.8) is 0 Å². The number of hydrogen-bond donors (Lipinski definition) is 1. The van der Waals surface area contributed by atoms with Gasteiger partial charge in [-0.25, -0.2) is 0 Å². The van der Waals surface area contributed by atoms with Gasteiger partial charge in [-0.2, -0.15) is 0 Å². The van der Waals surface area contributed by atoms with Crippen LogP contribution in [0.25, 0.3) is 0 Å². The second-order valence-corrected chi connectivity index (χ2v) is 4.90. The summed E-state index contributed by atoms with van der Waals surface area (Å²) < 4.78 is 5.18. The third-order valence-corrected chi connectivity index (χ3v) is 3.63. The molecule has 1 rings (SSSR count). The number of nitrogens with one attached hydrogen (secondary N) is 1. The van der Waals surface area contributed by atoms with E-state index in [0.29, 0.717) is 6.04 Å². The van der Waals surface area contributed by atoms with Crippen LogP contribution >= 0.6 is 0 Å². The molecule has 3 heteroatoms. The SMILES string of the molecule is CCC(COC)NCCN1CCCCC1C. The van der Waals surface area contributed by atoms with Gasteiger partial charge in [0.15, 0.2) is 0 Å². The fourth-order valence-corrected chi connectivity index (χ4v) is 2.42. The third kappa shape index (κ3) is 4.81. The van der Waals surface area contributed by atoms with Gasteiger partial charge in [-0.05, 0) is 32.7 Å². The highest BCUT2D eigenvalue weighted by molar-refractivity contribution is 4.74. The number of piperidine rings is 1. The van der Waals surface area contributed by atoms with Crippen molar-refractivity contribution in [1.29, 1.82) is 0 Å². The molecule has 1 saturated heterocycles. The predicted octanol–water partition coefficient (Wildman–Crippen LogP) is 1.88. The number of ether oxygens (including phenoxy) is 1. The molecule has 0 radical (unpaired) electrons. The lowest BCUT2D eigenvalue weighted by molar-refractivity contribution is 0.144. The maximum atomic E-state index is 5.18. The molecule has 1 fully saturated rings. The number of likely N-dealkylation sites (tertiary alicyclic amines) is 1. The van der Waals surface area contributed by atoms with Crippen molar-refractivity contribution in [3.8, 4) is 0 Å².